The second-order valence-corrected chi connectivity index (χ2v) is 7.57. The zero-order valence-corrected chi connectivity index (χ0v) is 16.1. The number of fused-ring (bicyclic) bond motifs is 1. The molecule has 0 unspecified atom stereocenters. The molecular weight excluding hydrogens is 407 g/mol. The van der Waals surface area contributed by atoms with Crippen molar-refractivity contribution >= 4 is 11.9 Å². The summed E-state index contributed by atoms with van der Waals surface area (Å²) in [7, 11) is 0. The molecule has 8 nitrogen and oxygen atoms in total. The Kier molecular flexibility index (Phi) is 5.74. The van der Waals surface area contributed by atoms with Gasteiger partial charge in [0, 0.05) is 13.1 Å². The summed E-state index contributed by atoms with van der Waals surface area (Å²) < 4.78 is 51.6. The predicted octanol–water partition coefficient (Wildman–Crippen LogP) is 1.50. The highest BCUT2D eigenvalue weighted by Gasteiger charge is 2.40. The molecule has 1 aromatic carbocycles. The van der Waals surface area contributed by atoms with Gasteiger partial charge in [-0.15, -0.1) is 13.2 Å². The van der Waals surface area contributed by atoms with Crippen molar-refractivity contribution in [1.29, 1.82) is 0 Å². The number of rotatable bonds is 4. The zero-order valence-electron chi connectivity index (χ0n) is 16.1. The second kappa shape index (κ2) is 8.31. The molecule has 2 atom stereocenters. The number of likely N-dealkylation sites (tertiary alicyclic amines) is 2. The molecule has 0 saturated carbocycles. The number of hydrogen-bond acceptors (Lipinski definition) is 5. The molecule has 3 aliphatic heterocycles. The number of morpholine rings is 1. The fourth-order valence-electron chi connectivity index (χ4n) is 3.77. The number of nitrogens with zero attached hydrogens (tertiary/aromatic N) is 2. The number of urea groups is 1. The molecule has 164 valence electrons. The summed E-state index contributed by atoms with van der Waals surface area (Å²) in [5.74, 6) is -0.448. The van der Waals surface area contributed by atoms with E-state index in [4.69, 9.17) is 9.47 Å². The van der Waals surface area contributed by atoms with Gasteiger partial charge in [-0.2, -0.15) is 0 Å². The Morgan fingerprint density at radius 2 is 1.90 bits per heavy atom. The molecule has 3 fully saturated rings. The summed E-state index contributed by atoms with van der Waals surface area (Å²) in [5, 5.41) is 2.87. The minimum absolute atomic E-state index is 0.0489. The molecule has 3 amide bonds. The molecule has 1 aromatic rings. The third-order valence-electron chi connectivity index (χ3n) is 5.36. The Bertz CT molecular complexity index is 783. The molecule has 0 spiro atoms. The lowest BCUT2D eigenvalue weighted by Gasteiger charge is -2.45. The molecule has 3 aliphatic rings. The first kappa shape index (κ1) is 20.7. The van der Waals surface area contributed by atoms with Crippen LogP contribution in [0.2, 0.25) is 0 Å². The van der Waals surface area contributed by atoms with Crippen LogP contribution in [0.3, 0.4) is 0 Å². The minimum atomic E-state index is -4.72. The van der Waals surface area contributed by atoms with E-state index in [-0.39, 0.29) is 49.2 Å². The Labute approximate surface area is 170 Å². The van der Waals surface area contributed by atoms with Gasteiger partial charge in [0.2, 0.25) is 5.91 Å². The normalized spacial score (nSPS) is 24.7. The Morgan fingerprint density at radius 3 is 2.60 bits per heavy atom. The number of carbonyl (C=O) groups is 2. The van der Waals surface area contributed by atoms with Crippen molar-refractivity contribution in [3.8, 4) is 5.75 Å². The molecular formula is C19H22F3N3O5. The number of benzene rings is 1. The molecule has 11 heteroatoms. The van der Waals surface area contributed by atoms with Crippen LogP contribution in [0.15, 0.2) is 24.3 Å². The van der Waals surface area contributed by atoms with Crippen molar-refractivity contribution in [2.75, 3.05) is 32.8 Å². The van der Waals surface area contributed by atoms with Gasteiger partial charge >= 0.3 is 12.4 Å². The van der Waals surface area contributed by atoms with Crippen LogP contribution in [-0.2, 0) is 20.9 Å². The van der Waals surface area contributed by atoms with Crippen molar-refractivity contribution in [3.05, 3.63) is 29.8 Å². The lowest BCUT2D eigenvalue weighted by Crippen LogP contribution is -2.65. The highest BCUT2D eigenvalue weighted by Crippen LogP contribution is 2.24. The van der Waals surface area contributed by atoms with Crippen LogP contribution in [0.1, 0.15) is 12.0 Å². The topological polar surface area (TPSA) is 80.3 Å². The molecule has 4 rings (SSSR count). The highest BCUT2D eigenvalue weighted by molar-refractivity contribution is 5.79. The van der Waals surface area contributed by atoms with Crippen molar-refractivity contribution < 1.29 is 37.0 Å². The van der Waals surface area contributed by atoms with Gasteiger partial charge in [0.05, 0.1) is 37.9 Å². The highest BCUT2D eigenvalue weighted by atomic mass is 19.4. The van der Waals surface area contributed by atoms with E-state index in [1.165, 1.54) is 24.3 Å². The first-order valence-electron chi connectivity index (χ1n) is 9.68. The van der Waals surface area contributed by atoms with Gasteiger partial charge in [-0.1, -0.05) is 12.1 Å². The van der Waals surface area contributed by atoms with Gasteiger partial charge in [0.25, 0.3) is 0 Å². The summed E-state index contributed by atoms with van der Waals surface area (Å²) in [6.07, 6.45) is -4.22. The standard InChI is InChI=1S/C19H22F3N3O5/c20-19(21,22)30-13-3-1-12(2-4-13)10-28-14-7-25(8-14)18(27)24-6-5-16-15(9-24)23-17(26)11-29-16/h1-4,14-16H,5-11H2,(H,23,26)/t15-,16-/m1/s1. The lowest BCUT2D eigenvalue weighted by atomic mass is 10.0. The van der Waals surface area contributed by atoms with E-state index in [1.807, 2.05) is 0 Å². The summed E-state index contributed by atoms with van der Waals surface area (Å²) in [5.41, 5.74) is 0.712. The van der Waals surface area contributed by atoms with E-state index >= 15 is 0 Å². The molecule has 0 radical (unpaired) electrons. The van der Waals surface area contributed by atoms with Crippen LogP contribution >= 0.6 is 0 Å². The molecule has 0 aromatic heterocycles. The number of alkyl halides is 3. The van der Waals surface area contributed by atoms with Gasteiger partial charge < -0.3 is 29.3 Å². The van der Waals surface area contributed by atoms with Gasteiger partial charge in [-0.25, -0.2) is 4.79 Å². The van der Waals surface area contributed by atoms with Gasteiger partial charge in [-0.3, -0.25) is 4.79 Å². The molecule has 3 heterocycles. The van der Waals surface area contributed by atoms with Crippen molar-refractivity contribution in [1.82, 2.24) is 15.1 Å². The summed E-state index contributed by atoms with van der Waals surface area (Å²) in [6, 6.07) is 5.21. The van der Waals surface area contributed by atoms with E-state index in [0.717, 1.165) is 0 Å². The van der Waals surface area contributed by atoms with E-state index in [0.29, 0.717) is 38.2 Å². The quantitative estimate of drug-likeness (QED) is 0.785. The molecule has 0 aliphatic carbocycles. The SMILES string of the molecule is O=C1CO[C@@H]2CCN(C(=O)N3CC(OCc4ccc(OC(F)(F)F)cc4)C3)C[C@H]2N1. The van der Waals surface area contributed by atoms with Gasteiger partial charge in [0.1, 0.15) is 12.4 Å². The predicted molar refractivity (Wildman–Crippen MR) is 96.5 cm³/mol. The van der Waals surface area contributed by atoms with E-state index < -0.39 is 6.36 Å². The maximum atomic E-state index is 12.6. The van der Waals surface area contributed by atoms with Crippen LogP contribution in [0.5, 0.6) is 5.75 Å². The number of hydrogen-bond donors (Lipinski definition) is 1. The average molecular weight is 429 g/mol. The monoisotopic (exact) mass is 429 g/mol. The maximum Gasteiger partial charge on any atom is 0.573 e. The number of piperidine rings is 1. The van der Waals surface area contributed by atoms with Crippen molar-refractivity contribution in [3.63, 3.8) is 0 Å². The fourth-order valence-corrected chi connectivity index (χ4v) is 3.77. The maximum absolute atomic E-state index is 12.6. The van der Waals surface area contributed by atoms with E-state index in [1.54, 1.807) is 9.80 Å². The van der Waals surface area contributed by atoms with Crippen LogP contribution in [0.4, 0.5) is 18.0 Å². The second-order valence-electron chi connectivity index (χ2n) is 7.57. The first-order chi connectivity index (χ1) is 14.3. The zero-order chi connectivity index (χ0) is 21.3. The Hall–Kier alpha value is -2.53. The fraction of sp³-hybridized carbons (Fsp3) is 0.579. The summed E-state index contributed by atoms with van der Waals surface area (Å²) >= 11 is 0. The first-order valence-corrected chi connectivity index (χ1v) is 9.68. The third kappa shape index (κ3) is 4.96. The lowest BCUT2D eigenvalue weighted by molar-refractivity contribution is -0.274. The summed E-state index contributed by atoms with van der Waals surface area (Å²) in [6.45, 7) is 2.19. The largest absolute Gasteiger partial charge is 0.573 e. The van der Waals surface area contributed by atoms with Crippen molar-refractivity contribution in [2.24, 2.45) is 0 Å². The molecule has 1 N–H and O–H groups in total. The summed E-state index contributed by atoms with van der Waals surface area (Å²) in [4.78, 5) is 27.5. The van der Waals surface area contributed by atoms with Crippen LogP contribution in [0, 0.1) is 0 Å². The third-order valence-corrected chi connectivity index (χ3v) is 5.36. The number of carbonyl (C=O) groups excluding carboxylic acids is 2. The Balaban J connectivity index is 1.19. The van der Waals surface area contributed by atoms with Crippen LogP contribution in [-0.4, -0.2) is 79.1 Å². The molecule has 3 saturated heterocycles. The number of halogens is 3. The van der Waals surface area contributed by atoms with Crippen molar-refractivity contribution in [2.45, 2.75) is 37.6 Å². The van der Waals surface area contributed by atoms with Gasteiger partial charge in [0.15, 0.2) is 0 Å². The number of ether oxygens (including phenoxy) is 3. The van der Waals surface area contributed by atoms with Crippen LogP contribution in [0.25, 0.3) is 0 Å². The average Bonchev–Trinajstić information content (AvgIpc) is 2.66. The van der Waals surface area contributed by atoms with E-state index in [9.17, 15) is 22.8 Å². The number of nitrogens with one attached hydrogen (secondary N) is 1. The number of amides is 3. The Morgan fingerprint density at radius 1 is 1.17 bits per heavy atom. The van der Waals surface area contributed by atoms with E-state index in [2.05, 4.69) is 10.1 Å². The smallest absolute Gasteiger partial charge is 0.406 e. The molecule has 0 bridgehead atoms. The van der Waals surface area contributed by atoms with Crippen LogP contribution < -0.4 is 10.1 Å². The molecule has 30 heavy (non-hydrogen) atoms. The van der Waals surface area contributed by atoms with Gasteiger partial charge in [-0.05, 0) is 24.1 Å². The minimum Gasteiger partial charge on any atom is -0.406 e.